The van der Waals surface area contributed by atoms with Gasteiger partial charge >= 0.3 is 0 Å². The lowest BCUT2D eigenvalue weighted by Gasteiger charge is -2.05. The summed E-state index contributed by atoms with van der Waals surface area (Å²) in [4.78, 5) is 10.9. The smallest absolute Gasteiger partial charge is 0.219 e. The van der Waals surface area contributed by atoms with Crippen LogP contribution in [0.3, 0.4) is 0 Å². The third-order valence-corrected chi connectivity index (χ3v) is 1.88. The fraction of sp³-hybridized carbons (Fsp3) is 0.857. The van der Waals surface area contributed by atoms with Gasteiger partial charge in [-0.15, -0.1) is 0 Å². The Morgan fingerprint density at radius 2 is 2.30 bits per heavy atom. The van der Waals surface area contributed by atoms with E-state index < -0.39 is 0 Å². The van der Waals surface area contributed by atoms with Gasteiger partial charge < -0.3 is 5.32 Å². The van der Waals surface area contributed by atoms with Crippen molar-refractivity contribution in [2.24, 2.45) is 0 Å². The SMILES string of the molecule is CCCCNC(=O)C(C)[SiH3]. The second-order valence-electron chi connectivity index (χ2n) is 2.80. The molecule has 1 N–H and O–H groups in total. The molecule has 0 fully saturated rings. The monoisotopic (exact) mass is 159 g/mol. The molecule has 0 aliphatic carbocycles. The molecule has 0 saturated heterocycles. The van der Waals surface area contributed by atoms with Gasteiger partial charge in [0.2, 0.25) is 5.91 Å². The van der Waals surface area contributed by atoms with Gasteiger partial charge in [0, 0.05) is 22.3 Å². The molecule has 10 heavy (non-hydrogen) atoms. The Morgan fingerprint density at radius 3 is 2.70 bits per heavy atom. The van der Waals surface area contributed by atoms with Gasteiger partial charge in [0.1, 0.15) is 0 Å². The first-order valence-electron chi connectivity index (χ1n) is 3.96. The maximum Gasteiger partial charge on any atom is 0.219 e. The number of hydrogen-bond acceptors (Lipinski definition) is 1. The lowest BCUT2D eigenvalue weighted by molar-refractivity contribution is -0.120. The average molecular weight is 159 g/mol. The molecule has 0 aromatic heterocycles. The number of unbranched alkanes of at least 4 members (excludes halogenated alkanes) is 1. The zero-order valence-electron chi connectivity index (χ0n) is 7.11. The molecule has 2 nitrogen and oxygen atoms in total. The van der Waals surface area contributed by atoms with Crippen LogP contribution in [-0.2, 0) is 4.79 Å². The Hall–Kier alpha value is -0.313. The minimum absolute atomic E-state index is 0.222. The first kappa shape index (κ1) is 9.69. The summed E-state index contributed by atoms with van der Waals surface area (Å²) in [5.41, 5.74) is 0.261. The average Bonchev–Trinajstić information content (AvgIpc) is 1.88. The predicted molar refractivity (Wildman–Crippen MR) is 47.3 cm³/mol. The van der Waals surface area contributed by atoms with Gasteiger partial charge in [-0.25, -0.2) is 0 Å². The number of nitrogens with one attached hydrogen (secondary N) is 1. The van der Waals surface area contributed by atoms with Gasteiger partial charge in [0.05, 0.1) is 0 Å². The molecule has 1 atom stereocenters. The van der Waals surface area contributed by atoms with Gasteiger partial charge in [0.25, 0.3) is 0 Å². The van der Waals surface area contributed by atoms with Crippen molar-refractivity contribution in [1.82, 2.24) is 5.32 Å². The lowest BCUT2D eigenvalue weighted by atomic mass is 10.3. The fourth-order valence-electron chi connectivity index (χ4n) is 0.592. The Kier molecular flexibility index (Phi) is 5.30. The summed E-state index contributed by atoms with van der Waals surface area (Å²) in [6.45, 7) is 4.94. The van der Waals surface area contributed by atoms with Gasteiger partial charge in [0.15, 0.2) is 0 Å². The molecule has 1 amide bonds. The summed E-state index contributed by atoms with van der Waals surface area (Å²) < 4.78 is 0. The van der Waals surface area contributed by atoms with Crippen molar-refractivity contribution >= 4 is 16.1 Å². The van der Waals surface area contributed by atoms with Crippen LogP contribution in [0.15, 0.2) is 0 Å². The van der Waals surface area contributed by atoms with Crippen LogP contribution in [0.25, 0.3) is 0 Å². The molecule has 0 spiro atoms. The minimum Gasteiger partial charge on any atom is -0.356 e. The normalized spacial score (nSPS) is 13.0. The molecule has 3 heteroatoms. The summed E-state index contributed by atoms with van der Waals surface area (Å²) in [5, 5.41) is 2.88. The number of carbonyl (C=O) groups is 1. The number of amides is 1. The topological polar surface area (TPSA) is 29.1 Å². The minimum atomic E-state index is 0.222. The van der Waals surface area contributed by atoms with Crippen molar-refractivity contribution in [3.8, 4) is 0 Å². The van der Waals surface area contributed by atoms with E-state index in [1.807, 2.05) is 6.92 Å². The van der Waals surface area contributed by atoms with Crippen LogP contribution in [0.1, 0.15) is 26.7 Å². The highest BCUT2D eigenvalue weighted by Gasteiger charge is 2.03. The van der Waals surface area contributed by atoms with Crippen molar-refractivity contribution in [2.45, 2.75) is 32.2 Å². The third kappa shape index (κ3) is 4.55. The summed E-state index contributed by atoms with van der Waals surface area (Å²) in [6, 6.07) is 0. The first-order valence-corrected chi connectivity index (χ1v) is 5.11. The van der Waals surface area contributed by atoms with E-state index in [0.717, 1.165) is 29.6 Å². The lowest BCUT2D eigenvalue weighted by Crippen LogP contribution is -2.27. The Bertz CT molecular complexity index is 104. The highest BCUT2D eigenvalue weighted by Crippen LogP contribution is 1.93. The van der Waals surface area contributed by atoms with Crippen molar-refractivity contribution in [3.63, 3.8) is 0 Å². The second-order valence-corrected chi connectivity index (χ2v) is 4.53. The number of rotatable bonds is 4. The Balaban J connectivity index is 3.22. The van der Waals surface area contributed by atoms with Gasteiger partial charge in [-0.2, -0.15) is 0 Å². The van der Waals surface area contributed by atoms with Crippen LogP contribution < -0.4 is 5.32 Å². The van der Waals surface area contributed by atoms with Crippen LogP contribution >= 0.6 is 0 Å². The number of carbonyl (C=O) groups excluding carboxylic acids is 1. The molecular formula is C7H17NOSi. The van der Waals surface area contributed by atoms with Crippen LogP contribution in [0.2, 0.25) is 5.54 Å². The van der Waals surface area contributed by atoms with E-state index in [2.05, 4.69) is 12.2 Å². The zero-order valence-corrected chi connectivity index (χ0v) is 9.11. The van der Waals surface area contributed by atoms with Gasteiger partial charge in [-0.1, -0.05) is 20.3 Å². The summed E-state index contributed by atoms with van der Waals surface area (Å²) in [6.07, 6.45) is 2.25. The van der Waals surface area contributed by atoms with Crippen LogP contribution in [0, 0.1) is 0 Å². The van der Waals surface area contributed by atoms with Crippen molar-refractivity contribution in [1.29, 1.82) is 0 Å². The largest absolute Gasteiger partial charge is 0.356 e. The molecular weight excluding hydrogens is 142 g/mol. The van der Waals surface area contributed by atoms with Crippen LogP contribution in [-0.4, -0.2) is 22.7 Å². The van der Waals surface area contributed by atoms with Gasteiger partial charge in [-0.05, 0) is 6.42 Å². The molecule has 0 aliphatic rings. The molecule has 0 heterocycles. The molecule has 0 radical (unpaired) electrons. The van der Waals surface area contributed by atoms with E-state index in [9.17, 15) is 4.79 Å². The molecule has 60 valence electrons. The molecule has 0 saturated carbocycles. The summed E-state index contributed by atoms with van der Waals surface area (Å²) in [7, 11) is 0.959. The molecule has 1 unspecified atom stereocenters. The standard InChI is InChI=1S/C7H17NOSi/c1-3-4-5-8-7(9)6(2)10/h6H,3-5H2,1-2,10H3,(H,8,9). The van der Waals surface area contributed by atoms with Crippen LogP contribution in [0.4, 0.5) is 0 Å². The van der Waals surface area contributed by atoms with Crippen molar-refractivity contribution < 1.29 is 4.79 Å². The van der Waals surface area contributed by atoms with Crippen LogP contribution in [0.5, 0.6) is 0 Å². The second kappa shape index (κ2) is 5.47. The Morgan fingerprint density at radius 1 is 1.70 bits per heavy atom. The zero-order chi connectivity index (χ0) is 7.98. The Labute approximate surface area is 65.8 Å². The quantitative estimate of drug-likeness (QED) is 0.457. The molecule has 0 bridgehead atoms. The van der Waals surface area contributed by atoms with Crippen molar-refractivity contribution in [2.75, 3.05) is 6.54 Å². The van der Waals surface area contributed by atoms with E-state index in [1.165, 1.54) is 0 Å². The highest BCUT2D eigenvalue weighted by atomic mass is 28.1. The van der Waals surface area contributed by atoms with E-state index in [-0.39, 0.29) is 11.4 Å². The van der Waals surface area contributed by atoms with E-state index in [1.54, 1.807) is 0 Å². The highest BCUT2D eigenvalue weighted by molar-refractivity contribution is 6.23. The maximum atomic E-state index is 10.9. The van der Waals surface area contributed by atoms with E-state index in [4.69, 9.17) is 0 Å². The van der Waals surface area contributed by atoms with E-state index >= 15 is 0 Å². The third-order valence-electron chi connectivity index (χ3n) is 1.35. The molecule has 0 aromatic rings. The molecule has 0 aliphatic heterocycles. The fourth-order valence-corrected chi connectivity index (χ4v) is 0.797. The van der Waals surface area contributed by atoms with Gasteiger partial charge in [-0.3, -0.25) is 4.79 Å². The first-order chi connectivity index (χ1) is 4.68. The maximum absolute atomic E-state index is 10.9. The van der Waals surface area contributed by atoms with E-state index in [0.29, 0.717) is 0 Å². The van der Waals surface area contributed by atoms with Crippen molar-refractivity contribution in [3.05, 3.63) is 0 Å². The summed E-state index contributed by atoms with van der Waals surface area (Å²) >= 11 is 0. The molecule has 0 rings (SSSR count). The number of hydrogen-bond donors (Lipinski definition) is 1. The summed E-state index contributed by atoms with van der Waals surface area (Å²) in [5.74, 6) is 0.222. The predicted octanol–water partition coefficient (Wildman–Crippen LogP) is 0.0765. The molecule has 0 aromatic carbocycles.